The van der Waals surface area contributed by atoms with Crippen LogP contribution >= 0.6 is 22.9 Å². The Labute approximate surface area is 154 Å². The highest BCUT2D eigenvalue weighted by molar-refractivity contribution is 7.18. The quantitative estimate of drug-likeness (QED) is 0.834. The van der Waals surface area contributed by atoms with E-state index in [1.165, 1.54) is 0 Å². The molecule has 2 unspecified atom stereocenters. The molecule has 0 bridgehead atoms. The first-order chi connectivity index (χ1) is 12.0. The van der Waals surface area contributed by atoms with Crippen molar-refractivity contribution in [2.24, 2.45) is 5.92 Å². The highest BCUT2D eigenvalue weighted by Gasteiger charge is 2.33. The maximum absolute atomic E-state index is 11.7. The third-order valence-electron chi connectivity index (χ3n) is 4.32. The van der Waals surface area contributed by atoms with Gasteiger partial charge < -0.3 is 19.8 Å². The van der Waals surface area contributed by atoms with Crippen molar-refractivity contribution in [2.45, 2.75) is 12.5 Å². The molecule has 1 saturated heterocycles. The van der Waals surface area contributed by atoms with Gasteiger partial charge in [-0.25, -0.2) is 4.79 Å². The normalized spacial score (nSPS) is 21.6. The Hall–Kier alpha value is -1.85. The van der Waals surface area contributed by atoms with E-state index in [1.807, 2.05) is 4.90 Å². The van der Waals surface area contributed by atoms with E-state index >= 15 is 0 Å². The number of hydrogen-bond donors (Lipinski definition) is 2. The molecule has 2 N–H and O–H groups in total. The summed E-state index contributed by atoms with van der Waals surface area (Å²) in [5.74, 6) is -1.46. The Bertz CT molecular complexity index is 774. The minimum atomic E-state index is -1.14. The van der Waals surface area contributed by atoms with Crippen LogP contribution in [0.3, 0.4) is 0 Å². The number of carbonyl (C=O) groups is 1. The molecule has 8 heteroatoms. The van der Waals surface area contributed by atoms with Gasteiger partial charge in [0.2, 0.25) is 0 Å². The number of aliphatic hydroxyl groups excluding tert-OH is 1. The van der Waals surface area contributed by atoms with Gasteiger partial charge in [-0.1, -0.05) is 23.8 Å². The van der Waals surface area contributed by atoms with Gasteiger partial charge in [0.25, 0.3) is 0 Å². The maximum atomic E-state index is 11.7. The summed E-state index contributed by atoms with van der Waals surface area (Å²) in [5.41, 5.74) is 0.438. The van der Waals surface area contributed by atoms with Gasteiger partial charge in [-0.3, -0.25) is 0 Å². The molecule has 1 aromatic rings. The lowest BCUT2D eigenvalue weighted by Crippen LogP contribution is -2.36. The molecule has 6 nitrogen and oxygen atoms in total. The van der Waals surface area contributed by atoms with Crippen molar-refractivity contribution in [3.8, 4) is 6.07 Å². The van der Waals surface area contributed by atoms with E-state index in [4.69, 9.17) is 16.3 Å². The van der Waals surface area contributed by atoms with Crippen LogP contribution in [0.15, 0.2) is 23.3 Å². The number of aromatic carboxylic acids is 1. The third kappa shape index (κ3) is 3.58. The molecule has 0 saturated carbocycles. The Balaban J connectivity index is 2.02. The van der Waals surface area contributed by atoms with Crippen molar-refractivity contribution in [3.63, 3.8) is 0 Å². The van der Waals surface area contributed by atoms with Crippen LogP contribution in [-0.4, -0.2) is 42.5 Å². The zero-order valence-electron chi connectivity index (χ0n) is 13.3. The lowest BCUT2D eigenvalue weighted by Gasteiger charge is -2.28. The lowest BCUT2D eigenvalue weighted by atomic mass is 9.88. The van der Waals surface area contributed by atoms with E-state index in [9.17, 15) is 20.3 Å². The zero-order chi connectivity index (χ0) is 18.0. The second kappa shape index (κ2) is 7.58. The molecule has 0 radical (unpaired) electrons. The summed E-state index contributed by atoms with van der Waals surface area (Å²) in [6.07, 6.45) is 4.62. The molecule has 1 fully saturated rings. The van der Waals surface area contributed by atoms with Crippen molar-refractivity contribution in [3.05, 3.63) is 39.3 Å². The van der Waals surface area contributed by atoms with Crippen molar-refractivity contribution in [1.82, 2.24) is 0 Å². The second-order valence-electron chi connectivity index (χ2n) is 5.83. The first-order valence-corrected chi connectivity index (χ1v) is 9.07. The van der Waals surface area contributed by atoms with E-state index in [0.717, 1.165) is 11.3 Å². The molecule has 2 heterocycles. The number of aliphatic hydroxyl groups is 1. The number of carboxylic acid groups (broad SMARTS) is 1. The Morgan fingerprint density at radius 3 is 2.76 bits per heavy atom. The van der Waals surface area contributed by atoms with Crippen LogP contribution in [-0.2, 0) is 4.74 Å². The smallest absolute Gasteiger partial charge is 0.346 e. The minimum absolute atomic E-state index is 0.0135. The fourth-order valence-corrected chi connectivity index (χ4v) is 4.37. The number of nitrogens with zero attached hydrogens (tertiary/aromatic N) is 2. The largest absolute Gasteiger partial charge is 0.477 e. The van der Waals surface area contributed by atoms with Gasteiger partial charge in [-0.2, -0.15) is 5.26 Å². The second-order valence-corrected chi connectivity index (χ2v) is 7.27. The van der Waals surface area contributed by atoms with Crippen molar-refractivity contribution < 1.29 is 19.7 Å². The first-order valence-electron chi connectivity index (χ1n) is 7.87. The molecular formula is C17H17ClN2O4S. The molecule has 1 aliphatic heterocycles. The number of nitriles is 1. The Morgan fingerprint density at radius 2 is 2.20 bits per heavy atom. The Kier molecular flexibility index (Phi) is 5.45. The monoisotopic (exact) mass is 380 g/mol. The fourth-order valence-electron chi connectivity index (χ4n) is 3.03. The number of anilines is 1. The number of thiophene rings is 1. The summed E-state index contributed by atoms with van der Waals surface area (Å²) < 4.78 is 5.32. The summed E-state index contributed by atoms with van der Waals surface area (Å²) in [6, 6.07) is 2.10. The SMILES string of the molecule is N#Cc1c(N2CCOCC2)sc(C(=O)O)c1C(O)C1C=CC(Cl)=CC1. The molecule has 3 rings (SSSR count). The first kappa shape index (κ1) is 18.0. The van der Waals surface area contributed by atoms with E-state index in [0.29, 0.717) is 42.8 Å². The Morgan fingerprint density at radius 1 is 1.48 bits per heavy atom. The van der Waals surface area contributed by atoms with Crippen LogP contribution in [0, 0.1) is 17.2 Å². The van der Waals surface area contributed by atoms with Crippen LogP contribution in [0.5, 0.6) is 0 Å². The number of halogens is 1. The number of hydrogen-bond acceptors (Lipinski definition) is 6. The summed E-state index contributed by atoms with van der Waals surface area (Å²) in [6.45, 7) is 2.23. The standard InChI is InChI=1S/C17H17ClN2O4S/c18-11-3-1-10(2-4-11)14(21)13-12(9-19)16(25-15(13)17(22)23)20-5-7-24-8-6-20/h1,3-4,10,14,21H,2,5-8H2,(H,22,23). The van der Waals surface area contributed by atoms with E-state index < -0.39 is 12.1 Å². The summed E-state index contributed by atoms with van der Waals surface area (Å²) >= 11 is 6.95. The number of carboxylic acids is 1. The minimum Gasteiger partial charge on any atom is -0.477 e. The molecule has 132 valence electrons. The van der Waals surface area contributed by atoms with Gasteiger partial charge in [0, 0.05) is 29.6 Å². The average molecular weight is 381 g/mol. The molecular weight excluding hydrogens is 364 g/mol. The van der Waals surface area contributed by atoms with Crippen molar-refractivity contribution in [2.75, 3.05) is 31.2 Å². The van der Waals surface area contributed by atoms with Gasteiger partial charge in [-0.15, -0.1) is 11.3 Å². The van der Waals surface area contributed by atoms with Crippen LogP contribution < -0.4 is 4.90 Å². The zero-order valence-corrected chi connectivity index (χ0v) is 14.9. The predicted molar refractivity (Wildman–Crippen MR) is 95.2 cm³/mol. The number of ether oxygens (including phenoxy) is 1. The highest BCUT2D eigenvalue weighted by Crippen LogP contribution is 2.43. The average Bonchev–Trinajstić information content (AvgIpc) is 3.02. The number of rotatable bonds is 4. The van der Waals surface area contributed by atoms with Crippen molar-refractivity contribution in [1.29, 1.82) is 5.26 Å². The van der Waals surface area contributed by atoms with Crippen LogP contribution in [0.1, 0.15) is 33.3 Å². The van der Waals surface area contributed by atoms with Gasteiger partial charge in [0.1, 0.15) is 15.9 Å². The maximum Gasteiger partial charge on any atom is 0.346 e. The van der Waals surface area contributed by atoms with Crippen molar-refractivity contribution >= 4 is 33.9 Å². The van der Waals surface area contributed by atoms with Gasteiger partial charge in [0.05, 0.1) is 24.9 Å². The van der Waals surface area contributed by atoms with Crippen LogP contribution in [0.25, 0.3) is 0 Å². The summed E-state index contributed by atoms with van der Waals surface area (Å²) in [7, 11) is 0. The molecule has 0 amide bonds. The van der Waals surface area contributed by atoms with Crippen LogP contribution in [0.4, 0.5) is 5.00 Å². The van der Waals surface area contributed by atoms with Crippen LogP contribution in [0.2, 0.25) is 0 Å². The highest BCUT2D eigenvalue weighted by atomic mass is 35.5. The van der Waals surface area contributed by atoms with Gasteiger partial charge in [0.15, 0.2) is 0 Å². The van der Waals surface area contributed by atoms with E-state index in [2.05, 4.69) is 6.07 Å². The fraction of sp³-hybridized carbons (Fsp3) is 0.412. The molecule has 2 atom stereocenters. The molecule has 2 aliphatic rings. The third-order valence-corrected chi connectivity index (χ3v) is 5.85. The predicted octanol–water partition coefficient (Wildman–Crippen LogP) is 2.89. The topological polar surface area (TPSA) is 93.8 Å². The lowest BCUT2D eigenvalue weighted by molar-refractivity contribution is 0.0690. The molecule has 0 spiro atoms. The van der Waals surface area contributed by atoms with Gasteiger partial charge >= 0.3 is 5.97 Å². The molecule has 1 aromatic heterocycles. The number of allylic oxidation sites excluding steroid dienone is 3. The van der Waals surface area contributed by atoms with Gasteiger partial charge in [-0.05, 0) is 12.5 Å². The molecule has 0 aromatic carbocycles. The molecule has 25 heavy (non-hydrogen) atoms. The summed E-state index contributed by atoms with van der Waals surface area (Å²) in [5, 5.41) is 31.2. The van der Waals surface area contributed by atoms with E-state index in [1.54, 1.807) is 18.2 Å². The molecule has 1 aliphatic carbocycles. The summed E-state index contributed by atoms with van der Waals surface area (Å²) in [4.78, 5) is 13.7. The van der Waals surface area contributed by atoms with E-state index in [-0.39, 0.29) is 21.9 Å². The number of morpholine rings is 1.